The molecule has 0 spiro atoms. The molecule has 6 heteroatoms. The zero-order valence-corrected chi connectivity index (χ0v) is 13.7. The number of halogens is 1. The molecule has 2 rings (SSSR count). The molecule has 1 fully saturated rings. The van der Waals surface area contributed by atoms with Gasteiger partial charge in [-0.2, -0.15) is 4.31 Å². The van der Waals surface area contributed by atoms with Crippen LogP contribution in [0.1, 0.15) is 20.3 Å². The van der Waals surface area contributed by atoms with Gasteiger partial charge >= 0.3 is 0 Å². The maximum atomic E-state index is 12.7. The van der Waals surface area contributed by atoms with Crippen molar-refractivity contribution in [3.05, 3.63) is 22.7 Å². The SMILES string of the molecule is COc1ccc(Br)cc1S(=O)(=O)N1CCC(C)(C)C1. The number of rotatable bonds is 3. The minimum absolute atomic E-state index is 0.0340. The second-order valence-corrected chi connectivity index (χ2v) is 8.37. The molecular formula is C13H18BrNO3S. The molecule has 0 saturated carbocycles. The van der Waals surface area contributed by atoms with Gasteiger partial charge in [0.25, 0.3) is 0 Å². The molecule has 19 heavy (non-hydrogen) atoms. The maximum absolute atomic E-state index is 12.7. The van der Waals surface area contributed by atoms with Gasteiger partial charge in [-0.15, -0.1) is 0 Å². The van der Waals surface area contributed by atoms with E-state index in [4.69, 9.17) is 4.74 Å². The predicted molar refractivity (Wildman–Crippen MR) is 77.9 cm³/mol. The van der Waals surface area contributed by atoms with Crippen LogP contribution in [0.15, 0.2) is 27.6 Å². The van der Waals surface area contributed by atoms with Gasteiger partial charge in [0.2, 0.25) is 10.0 Å². The van der Waals surface area contributed by atoms with Crippen LogP contribution in [0.3, 0.4) is 0 Å². The molecule has 1 aromatic rings. The average molecular weight is 348 g/mol. The number of benzene rings is 1. The van der Waals surface area contributed by atoms with Crippen LogP contribution in [0.5, 0.6) is 5.75 Å². The van der Waals surface area contributed by atoms with Gasteiger partial charge in [-0.05, 0) is 30.0 Å². The third kappa shape index (κ3) is 2.95. The van der Waals surface area contributed by atoms with E-state index in [1.807, 2.05) is 0 Å². The molecule has 1 aromatic carbocycles. The first-order chi connectivity index (χ1) is 8.76. The summed E-state index contributed by atoms with van der Waals surface area (Å²) in [6.45, 7) is 5.28. The fourth-order valence-corrected chi connectivity index (χ4v) is 4.58. The fraction of sp³-hybridized carbons (Fsp3) is 0.538. The van der Waals surface area contributed by atoms with Crippen LogP contribution in [-0.2, 0) is 10.0 Å². The van der Waals surface area contributed by atoms with Gasteiger partial charge in [-0.25, -0.2) is 8.42 Å². The summed E-state index contributed by atoms with van der Waals surface area (Å²) in [5.74, 6) is 0.382. The Labute approximate surface area is 122 Å². The Morgan fingerprint density at radius 1 is 1.37 bits per heavy atom. The van der Waals surface area contributed by atoms with Crippen LogP contribution < -0.4 is 4.74 Å². The molecule has 0 aromatic heterocycles. The van der Waals surface area contributed by atoms with Crippen molar-refractivity contribution in [3.8, 4) is 5.75 Å². The summed E-state index contributed by atoms with van der Waals surface area (Å²) in [7, 11) is -2.01. The van der Waals surface area contributed by atoms with E-state index in [0.29, 0.717) is 18.8 Å². The van der Waals surface area contributed by atoms with Gasteiger partial charge in [0.15, 0.2) is 0 Å². The van der Waals surface area contributed by atoms with Crippen molar-refractivity contribution < 1.29 is 13.2 Å². The molecule has 0 aliphatic carbocycles. The normalized spacial score (nSPS) is 19.6. The van der Waals surface area contributed by atoms with Crippen molar-refractivity contribution in [1.29, 1.82) is 0 Å². The summed E-state index contributed by atoms with van der Waals surface area (Å²) in [5.41, 5.74) is 0.0340. The second-order valence-electron chi connectivity index (χ2n) is 5.55. The minimum Gasteiger partial charge on any atom is -0.495 e. The highest BCUT2D eigenvalue weighted by Gasteiger charge is 2.38. The monoisotopic (exact) mass is 347 g/mol. The smallest absolute Gasteiger partial charge is 0.246 e. The van der Waals surface area contributed by atoms with Crippen LogP contribution in [-0.4, -0.2) is 32.9 Å². The molecule has 4 nitrogen and oxygen atoms in total. The van der Waals surface area contributed by atoms with Crippen molar-refractivity contribution in [1.82, 2.24) is 4.31 Å². The molecular weight excluding hydrogens is 330 g/mol. The van der Waals surface area contributed by atoms with Gasteiger partial charge in [-0.1, -0.05) is 29.8 Å². The summed E-state index contributed by atoms with van der Waals surface area (Å²) in [6, 6.07) is 5.03. The minimum atomic E-state index is -3.50. The molecule has 0 radical (unpaired) electrons. The summed E-state index contributed by atoms with van der Waals surface area (Å²) in [4.78, 5) is 0.224. The van der Waals surface area contributed by atoms with Gasteiger partial charge in [-0.3, -0.25) is 0 Å². The highest BCUT2D eigenvalue weighted by atomic mass is 79.9. The Hall–Kier alpha value is -0.590. The number of ether oxygens (including phenoxy) is 1. The molecule has 0 N–H and O–H groups in total. The van der Waals surface area contributed by atoms with E-state index in [1.165, 1.54) is 11.4 Å². The van der Waals surface area contributed by atoms with Crippen LogP contribution in [0.2, 0.25) is 0 Å². The number of nitrogens with zero attached hydrogens (tertiary/aromatic N) is 1. The quantitative estimate of drug-likeness (QED) is 0.844. The fourth-order valence-electron chi connectivity index (χ4n) is 2.26. The van der Waals surface area contributed by atoms with Gasteiger partial charge in [0.05, 0.1) is 7.11 Å². The Morgan fingerprint density at radius 2 is 2.05 bits per heavy atom. The standard InChI is InChI=1S/C13H18BrNO3S/c1-13(2)6-7-15(9-13)19(16,17)12-8-10(14)4-5-11(12)18-3/h4-5,8H,6-7,9H2,1-3H3. The molecule has 1 aliphatic heterocycles. The summed E-state index contributed by atoms with van der Waals surface area (Å²) in [5, 5.41) is 0. The second kappa shape index (κ2) is 5.07. The van der Waals surface area contributed by atoms with E-state index < -0.39 is 10.0 Å². The zero-order valence-electron chi connectivity index (χ0n) is 11.3. The maximum Gasteiger partial charge on any atom is 0.246 e. The number of hydrogen-bond donors (Lipinski definition) is 0. The van der Waals surface area contributed by atoms with Crippen LogP contribution in [0, 0.1) is 5.41 Å². The number of methoxy groups -OCH3 is 1. The van der Waals surface area contributed by atoms with Crippen molar-refractivity contribution in [2.45, 2.75) is 25.2 Å². The molecule has 0 amide bonds. The van der Waals surface area contributed by atoms with Crippen molar-refractivity contribution in [2.24, 2.45) is 5.41 Å². The Kier molecular flexibility index (Phi) is 3.95. The summed E-state index contributed by atoms with van der Waals surface area (Å²) < 4.78 is 32.8. The lowest BCUT2D eigenvalue weighted by Gasteiger charge is -2.20. The van der Waals surface area contributed by atoms with E-state index >= 15 is 0 Å². The van der Waals surface area contributed by atoms with Gasteiger partial charge < -0.3 is 4.74 Å². The third-order valence-electron chi connectivity index (χ3n) is 3.39. The lowest BCUT2D eigenvalue weighted by atomic mass is 9.93. The molecule has 1 saturated heterocycles. The van der Waals surface area contributed by atoms with Crippen molar-refractivity contribution in [3.63, 3.8) is 0 Å². The molecule has 106 valence electrons. The lowest BCUT2D eigenvalue weighted by Crippen LogP contribution is -2.30. The van der Waals surface area contributed by atoms with E-state index in [1.54, 1.807) is 18.2 Å². The Bertz CT molecular complexity index is 584. The molecule has 0 bridgehead atoms. The predicted octanol–water partition coefficient (Wildman–Crippen LogP) is 2.88. The van der Waals surface area contributed by atoms with Gasteiger partial charge in [0, 0.05) is 17.6 Å². The summed E-state index contributed by atoms with van der Waals surface area (Å²) in [6.07, 6.45) is 0.878. The lowest BCUT2D eigenvalue weighted by molar-refractivity contribution is 0.371. The van der Waals surface area contributed by atoms with Gasteiger partial charge in [0.1, 0.15) is 10.6 Å². The number of sulfonamides is 1. The highest BCUT2D eigenvalue weighted by molar-refractivity contribution is 9.10. The third-order valence-corrected chi connectivity index (χ3v) is 5.75. The zero-order chi connectivity index (χ0) is 14.3. The van der Waals surface area contributed by atoms with E-state index in [9.17, 15) is 8.42 Å². The van der Waals surface area contributed by atoms with Crippen LogP contribution >= 0.6 is 15.9 Å². The molecule has 1 aliphatic rings. The first-order valence-corrected chi connectivity index (χ1v) is 8.33. The first kappa shape index (κ1) is 14.8. The van der Waals surface area contributed by atoms with Crippen molar-refractivity contribution >= 4 is 26.0 Å². The largest absolute Gasteiger partial charge is 0.495 e. The summed E-state index contributed by atoms with van der Waals surface area (Å²) >= 11 is 3.31. The Morgan fingerprint density at radius 3 is 2.58 bits per heavy atom. The van der Waals surface area contributed by atoms with Crippen molar-refractivity contribution in [2.75, 3.05) is 20.2 Å². The number of hydrogen-bond acceptors (Lipinski definition) is 3. The highest BCUT2D eigenvalue weighted by Crippen LogP contribution is 2.36. The first-order valence-electron chi connectivity index (χ1n) is 6.10. The molecule has 0 atom stereocenters. The average Bonchev–Trinajstić information content (AvgIpc) is 2.70. The van der Waals surface area contributed by atoms with E-state index in [2.05, 4.69) is 29.8 Å². The molecule has 0 unspecified atom stereocenters. The topological polar surface area (TPSA) is 46.6 Å². The van der Waals surface area contributed by atoms with Crippen LogP contribution in [0.25, 0.3) is 0 Å². The molecule has 1 heterocycles. The van der Waals surface area contributed by atoms with E-state index in [0.717, 1.165) is 10.9 Å². The Balaban J connectivity index is 2.43. The van der Waals surface area contributed by atoms with E-state index in [-0.39, 0.29) is 10.3 Å². The van der Waals surface area contributed by atoms with Crippen LogP contribution in [0.4, 0.5) is 0 Å².